The average molecular weight is 517 g/mol. The van der Waals surface area contributed by atoms with Crippen molar-refractivity contribution in [3.05, 3.63) is 70.7 Å². The van der Waals surface area contributed by atoms with Gasteiger partial charge >= 0.3 is 5.97 Å². The predicted molar refractivity (Wildman–Crippen MR) is 117 cm³/mol. The standard InChI is InChI=1S/C21H19Cl2IO3/c1-21(13-24)17(11-18(22)23)19(21)20(25)26-12-14-6-5-9-16(10-14)27-15-7-3-2-4-8-15/h2-11,17,19H,12-13H2,1H3/t17?,19-,21?/m1/s1. The molecule has 1 saturated carbocycles. The highest BCUT2D eigenvalue weighted by Gasteiger charge is 2.64. The molecule has 0 saturated heterocycles. The zero-order valence-electron chi connectivity index (χ0n) is 14.7. The molecule has 27 heavy (non-hydrogen) atoms. The number of halogens is 3. The van der Waals surface area contributed by atoms with Crippen molar-refractivity contribution in [2.24, 2.45) is 17.3 Å². The number of benzene rings is 2. The summed E-state index contributed by atoms with van der Waals surface area (Å²) in [5, 5.41) is 0. The van der Waals surface area contributed by atoms with Crippen molar-refractivity contribution in [3.8, 4) is 11.5 Å². The molecular weight excluding hydrogens is 498 g/mol. The summed E-state index contributed by atoms with van der Waals surface area (Å²) in [5.74, 6) is 1.03. The zero-order valence-corrected chi connectivity index (χ0v) is 18.4. The fraction of sp³-hybridized carbons (Fsp3) is 0.286. The number of hydrogen-bond donors (Lipinski definition) is 0. The van der Waals surface area contributed by atoms with E-state index >= 15 is 0 Å². The molecule has 0 heterocycles. The van der Waals surface area contributed by atoms with Crippen LogP contribution < -0.4 is 4.74 Å². The summed E-state index contributed by atoms with van der Waals surface area (Å²) in [7, 11) is 0. The number of rotatable bonds is 7. The number of carbonyl (C=O) groups is 1. The second-order valence-corrected chi connectivity index (χ2v) is 8.54. The molecule has 0 N–H and O–H groups in total. The van der Waals surface area contributed by atoms with Gasteiger partial charge in [-0.15, -0.1) is 0 Å². The number of ether oxygens (including phenoxy) is 2. The minimum atomic E-state index is -0.223. The molecular formula is C21H19Cl2IO3. The highest BCUT2D eigenvalue weighted by molar-refractivity contribution is 14.1. The molecule has 2 unspecified atom stereocenters. The van der Waals surface area contributed by atoms with Crippen molar-refractivity contribution in [3.63, 3.8) is 0 Å². The van der Waals surface area contributed by atoms with Gasteiger partial charge in [-0.25, -0.2) is 0 Å². The minimum absolute atomic E-state index is 0.0136. The van der Waals surface area contributed by atoms with Gasteiger partial charge in [0.25, 0.3) is 0 Å². The van der Waals surface area contributed by atoms with E-state index in [2.05, 4.69) is 29.5 Å². The Morgan fingerprint density at radius 2 is 1.85 bits per heavy atom. The van der Waals surface area contributed by atoms with Gasteiger partial charge in [-0.2, -0.15) is 0 Å². The molecule has 1 aliphatic carbocycles. The second kappa shape index (κ2) is 8.84. The van der Waals surface area contributed by atoms with Gasteiger partial charge < -0.3 is 9.47 Å². The smallest absolute Gasteiger partial charge is 0.310 e. The SMILES string of the molecule is CC1(CI)C(C=C(Cl)Cl)[C@@H]1C(=O)OCc1cccc(Oc2ccccc2)c1. The van der Waals surface area contributed by atoms with Crippen LogP contribution in [0.4, 0.5) is 0 Å². The van der Waals surface area contributed by atoms with Crippen LogP contribution in [0.25, 0.3) is 0 Å². The van der Waals surface area contributed by atoms with E-state index < -0.39 is 0 Å². The van der Waals surface area contributed by atoms with Crippen LogP contribution in [0.5, 0.6) is 11.5 Å². The van der Waals surface area contributed by atoms with Gasteiger partial charge in [0.05, 0.1) is 5.92 Å². The number of esters is 1. The van der Waals surface area contributed by atoms with Gasteiger partial charge in [0, 0.05) is 10.3 Å². The van der Waals surface area contributed by atoms with Crippen molar-refractivity contribution >= 4 is 51.8 Å². The molecule has 6 heteroatoms. The van der Waals surface area contributed by atoms with E-state index in [0.717, 1.165) is 15.7 Å². The van der Waals surface area contributed by atoms with Crippen LogP contribution in [0, 0.1) is 17.3 Å². The van der Waals surface area contributed by atoms with Crippen LogP contribution in [-0.4, -0.2) is 10.4 Å². The number of carbonyl (C=O) groups excluding carboxylic acids is 1. The maximum Gasteiger partial charge on any atom is 0.310 e. The first-order chi connectivity index (χ1) is 12.9. The molecule has 0 aliphatic heterocycles. The van der Waals surface area contributed by atoms with Gasteiger partial charge in [-0.3, -0.25) is 4.79 Å². The Kier molecular flexibility index (Phi) is 6.71. The van der Waals surface area contributed by atoms with Crippen LogP contribution >= 0.6 is 45.8 Å². The Morgan fingerprint density at radius 3 is 2.52 bits per heavy atom. The van der Waals surface area contributed by atoms with Crippen LogP contribution in [0.3, 0.4) is 0 Å². The first kappa shape index (κ1) is 20.5. The fourth-order valence-corrected chi connectivity index (χ4v) is 4.43. The number of para-hydroxylation sites is 1. The van der Waals surface area contributed by atoms with Crippen LogP contribution in [0.2, 0.25) is 0 Å². The molecule has 3 atom stereocenters. The third-order valence-electron chi connectivity index (χ3n) is 4.83. The van der Waals surface area contributed by atoms with Crippen LogP contribution in [-0.2, 0) is 16.1 Å². The van der Waals surface area contributed by atoms with E-state index in [1.54, 1.807) is 6.08 Å². The fourth-order valence-electron chi connectivity index (χ4n) is 3.18. The molecule has 2 aromatic carbocycles. The highest BCUT2D eigenvalue weighted by Crippen LogP contribution is 2.61. The maximum absolute atomic E-state index is 12.5. The van der Waals surface area contributed by atoms with E-state index in [9.17, 15) is 4.79 Å². The minimum Gasteiger partial charge on any atom is -0.461 e. The first-order valence-electron chi connectivity index (χ1n) is 8.51. The highest BCUT2D eigenvalue weighted by atomic mass is 127. The van der Waals surface area contributed by atoms with E-state index in [1.807, 2.05) is 54.6 Å². The van der Waals surface area contributed by atoms with Crippen molar-refractivity contribution in [1.82, 2.24) is 0 Å². The van der Waals surface area contributed by atoms with Crippen LogP contribution in [0.15, 0.2) is 65.2 Å². The summed E-state index contributed by atoms with van der Waals surface area (Å²) < 4.78 is 12.4. The largest absolute Gasteiger partial charge is 0.461 e. The van der Waals surface area contributed by atoms with Crippen molar-refractivity contribution < 1.29 is 14.3 Å². The van der Waals surface area contributed by atoms with Crippen molar-refractivity contribution in [2.45, 2.75) is 13.5 Å². The third-order valence-corrected chi connectivity index (χ3v) is 6.72. The molecule has 0 bridgehead atoms. The molecule has 1 fully saturated rings. The zero-order chi connectivity index (χ0) is 19.4. The molecule has 0 radical (unpaired) electrons. The van der Waals surface area contributed by atoms with Crippen molar-refractivity contribution in [2.75, 3.05) is 4.43 Å². The summed E-state index contributed by atoms with van der Waals surface area (Å²) in [6.07, 6.45) is 1.74. The molecule has 0 amide bonds. The second-order valence-electron chi connectivity index (χ2n) is 6.77. The molecule has 2 aromatic rings. The summed E-state index contributed by atoms with van der Waals surface area (Å²) in [6.45, 7) is 2.25. The van der Waals surface area contributed by atoms with Gasteiger partial charge in [-0.1, -0.05) is 83.0 Å². The molecule has 1 aliphatic rings. The Bertz CT molecular complexity index is 836. The van der Waals surface area contributed by atoms with E-state index in [4.69, 9.17) is 32.7 Å². The number of hydrogen-bond acceptors (Lipinski definition) is 3. The van der Waals surface area contributed by atoms with Crippen molar-refractivity contribution in [1.29, 1.82) is 0 Å². The summed E-state index contributed by atoms with van der Waals surface area (Å²) in [5.41, 5.74) is 0.710. The molecule has 142 valence electrons. The molecule has 3 rings (SSSR count). The Hall–Kier alpha value is -1.24. The van der Waals surface area contributed by atoms with E-state index in [1.165, 1.54) is 0 Å². The monoisotopic (exact) mass is 516 g/mol. The topological polar surface area (TPSA) is 35.5 Å². The van der Waals surface area contributed by atoms with Gasteiger partial charge in [0.15, 0.2) is 0 Å². The number of allylic oxidation sites excluding steroid dienone is 1. The van der Waals surface area contributed by atoms with E-state index in [-0.39, 0.29) is 34.3 Å². The first-order valence-corrected chi connectivity index (χ1v) is 10.8. The van der Waals surface area contributed by atoms with Gasteiger partial charge in [0.1, 0.15) is 22.6 Å². The van der Waals surface area contributed by atoms with E-state index in [0.29, 0.717) is 5.75 Å². The Balaban J connectivity index is 1.61. The number of alkyl halides is 1. The Morgan fingerprint density at radius 1 is 1.15 bits per heavy atom. The lowest BCUT2D eigenvalue weighted by Gasteiger charge is -2.09. The summed E-state index contributed by atoms with van der Waals surface area (Å²) in [4.78, 5) is 12.5. The van der Waals surface area contributed by atoms with Crippen LogP contribution in [0.1, 0.15) is 12.5 Å². The molecule has 3 nitrogen and oxygen atoms in total. The molecule has 0 spiro atoms. The quantitative estimate of drug-likeness (QED) is 0.238. The lowest BCUT2D eigenvalue weighted by molar-refractivity contribution is -0.147. The average Bonchev–Trinajstić information content (AvgIpc) is 3.24. The van der Waals surface area contributed by atoms with Gasteiger partial charge in [0.2, 0.25) is 0 Å². The molecule has 0 aromatic heterocycles. The lowest BCUT2D eigenvalue weighted by atomic mass is 10.1. The van der Waals surface area contributed by atoms with Gasteiger partial charge in [-0.05, 0) is 41.3 Å². The Labute approximate surface area is 182 Å². The third kappa shape index (κ3) is 4.98. The maximum atomic E-state index is 12.5. The summed E-state index contributed by atoms with van der Waals surface area (Å²) in [6, 6.07) is 17.1. The summed E-state index contributed by atoms with van der Waals surface area (Å²) >= 11 is 13.8. The normalized spacial score (nSPS) is 23.4. The lowest BCUT2D eigenvalue weighted by Crippen LogP contribution is -2.12. The predicted octanol–water partition coefficient (Wildman–Crippen LogP) is 6.53.